The van der Waals surface area contributed by atoms with Gasteiger partial charge in [-0.15, -0.1) is 22.1 Å². The summed E-state index contributed by atoms with van der Waals surface area (Å²) < 4.78 is 11.0. The first-order valence-corrected chi connectivity index (χ1v) is 24.0. The molecule has 3 aromatic heterocycles. The first kappa shape index (κ1) is 51.7. The van der Waals surface area contributed by atoms with Gasteiger partial charge in [-0.2, -0.15) is 0 Å². The number of nitrogens with zero attached hydrogens (tertiary/aromatic N) is 4. The Bertz CT molecular complexity index is 2490. The normalized spacial score (nSPS) is 17.9. The summed E-state index contributed by atoms with van der Waals surface area (Å²) in [7, 11) is 1.30. The van der Waals surface area contributed by atoms with E-state index in [-0.39, 0.29) is 59.7 Å². The van der Waals surface area contributed by atoms with E-state index in [4.69, 9.17) is 29.4 Å². The number of hydrogen-bond donors (Lipinski definition) is 0. The molecule has 0 radical (unpaired) electrons. The van der Waals surface area contributed by atoms with Crippen molar-refractivity contribution in [1.82, 2.24) is 19.9 Å². The second-order valence-electron chi connectivity index (χ2n) is 19.4. The summed E-state index contributed by atoms with van der Waals surface area (Å²) in [4.78, 5) is 61.8. The molecule has 2 aliphatic heterocycles. The predicted molar refractivity (Wildman–Crippen MR) is 266 cm³/mol. The molecule has 8 bridgehead atoms. The van der Waals surface area contributed by atoms with Crippen molar-refractivity contribution in [3.8, 4) is 0 Å². The molecule has 0 saturated heterocycles. The summed E-state index contributed by atoms with van der Waals surface area (Å²) in [5, 5.41) is 0. The molecule has 3 aliphatic rings. The number of hydrogen-bond acceptors (Lipinski definition) is 7. The fourth-order valence-electron chi connectivity index (χ4n) is 10.1. The summed E-state index contributed by atoms with van der Waals surface area (Å²) in [6, 6.07) is 5.95. The van der Waals surface area contributed by atoms with Crippen LogP contribution in [0.4, 0.5) is 0 Å². The molecular formula is C55H72MgN4O5. The number of ketones is 1. The molecule has 0 fully saturated rings. The van der Waals surface area contributed by atoms with Crippen LogP contribution in [-0.2, 0) is 19.1 Å². The van der Waals surface area contributed by atoms with Crippen molar-refractivity contribution >= 4 is 80.1 Å². The first-order valence-electron chi connectivity index (χ1n) is 24.0. The van der Waals surface area contributed by atoms with Gasteiger partial charge < -0.3 is 19.4 Å². The van der Waals surface area contributed by atoms with Gasteiger partial charge in [-0.25, -0.2) is 4.98 Å². The van der Waals surface area contributed by atoms with E-state index in [1.807, 2.05) is 44.2 Å². The number of rotatable bonds is 20. The first-order chi connectivity index (χ1) is 30.6. The van der Waals surface area contributed by atoms with Crippen molar-refractivity contribution in [1.29, 1.82) is 0 Å². The van der Waals surface area contributed by atoms with E-state index in [2.05, 4.69) is 62.0 Å². The topological polar surface area (TPSA) is 124 Å². The van der Waals surface area contributed by atoms with Crippen LogP contribution in [0.1, 0.15) is 206 Å². The van der Waals surface area contributed by atoms with Gasteiger partial charge in [0.15, 0.2) is 5.78 Å². The van der Waals surface area contributed by atoms with Crippen molar-refractivity contribution in [2.24, 2.45) is 17.8 Å². The van der Waals surface area contributed by atoms with Crippen LogP contribution in [0.3, 0.4) is 0 Å². The molecule has 2 unspecified atom stereocenters. The standard InChI is InChI=1S/C55H73N4O5.Mg/c1-13-39-35(8)42-28-44-37(10)41(24-25-48(60)64-27-26-34(7)23-17-22-33(6)21-16-20-32(5)19-15-18-31(3)4)52(58-44)50-51(55(62)63-12)54(61)49-38(11)45(59-53(49)50)30-47-40(14-2)36(9)43(57-47)29-46(39)56-42;/h13,26,28-33,37,41,51H,1,14-25,27H2,2-12H3,(H-,56,57,58,59,61);/q-1;+2/p-1/b34-26+;/t32?,33?,37-,41-,51+;/m0./s1. The second-order valence-corrected chi connectivity index (χ2v) is 19.4. The number of carbonyl (C=O) groups excluding carboxylic acids is 3. The number of allylic oxidation sites excluding steroid dienone is 3. The predicted octanol–water partition coefficient (Wildman–Crippen LogP) is 12.8. The van der Waals surface area contributed by atoms with Crippen LogP contribution < -0.4 is 9.97 Å². The number of aromatic nitrogens is 4. The Morgan fingerprint density at radius 3 is 2.15 bits per heavy atom. The molecular weight excluding hydrogens is 821 g/mol. The number of carbonyl (C=O) groups is 3. The van der Waals surface area contributed by atoms with Crippen molar-refractivity contribution in [2.75, 3.05) is 13.7 Å². The molecule has 0 aromatic carbocycles. The van der Waals surface area contributed by atoms with Crippen LogP contribution in [0.2, 0.25) is 0 Å². The van der Waals surface area contributed by atoms with Crippen molar-refractivity contribution in [3.05, 3.63) is 87.0 Å². The monoisotopic (exact) mass is 893 g/mol. The van der Waals surface area contributed by atoms with Crippen LogP contribution in [0.5, 0.6) is 0 Å². The minimum absolute atomic E-state index is 0. The number of methoxy groups -OCH3 is 1. The maximum Gasteiger partial charge on any atom is 2.00 e. The molecule has 3 aromatic rings. The summed E-state index contributed by atoms with van der Waals surface area (Å²) in [6.07, 6.45) is 16.4. The fourth-order valence-corrected chi connectivity index (χ4v) is 10.1. The summed E-state index contributed by atoms with van der Waals surface area (Å²) in [5.74, 6) is -0.711. The van der Waals surface area contributed by atoms with E-state index in [9.17, 15) is 14.4 Å². The van der Waals surface area contributed by atoms with Gasteiger partial charge in [0.05, 0.1) is 18.5 Å². The van der Waals surface area contributed by atoms with Gasteiger partial charge in [0.25, 0.3) is 0 Å². The number of Topliss-reactive ketones (excluding diaryl/α,β-unsaturated/α-hetero) is 1. The molecule has 65 heavy (non-hydrogen) atoms. The average Bonchev–Trinajstić information content (AvgIpc) is 3.99. The smallest absolute Gasteiger partial charge is 0.657 e. The van der Waals surface area contributed by atoms with Crippen LogP contribution in [0.25, 0.3) is 39.3 Å². The quantitative estimate of drug-likeness (QED) is 0.0472. The Kier molecular flexibility index (Phi) is 18.3. The van der Waals surface area contributed by atoms with Gasteiger partial charge in [0, 0.05) is 35.2 Å². The molecule has 0 saturated carbocycles. The zero-order valence-corrected chi connectivity index (χ0v) is 42.7. The summed E-state index contributed by atoms with van der Waals surface area (Å²) in [6.45, 7) is 26.0. The number of esters is 2. The third kappa shape index (κ3) is 11.6. The van der Waals surface area contributed by atoms with E-state index >= 15 is 0 Å². The molecule has 10 heteroatoms. The largest absolute Gasteiger partial charge is 2.00 e. The second kappa shape index (κ2) is 22.9. The number of aryl methyl sites for hydroxylation is 2. The minimum Gasteiger partial charge on any atom is -0.657 e. The Morgan fingerprint density at radius 2 is 1.51 bits per heavy atom. The third-order valence-corrected chi connectivity index (χ3v) is 14.2. The Labute approximate surface area is 404 Å². The molecule has 6 rings (SSSR count). The SMILES string of the molecule is C=Cc1c(C)c2cc3nc(c4c5[n-]c(cc6nc(cc1[n-]2)C(C)=C6CC)c(C)c5C(=O)[C@@H]4C(=O)OC)[C@@H](CCC(=O)OC/C=C(\C)CCCC(C)CCCC(C)CCCC(C)C)[C@@H]3C.[Mg+2]. The number of ether oxygens (including phenoxy) is 2. The van der Waals surface area contributed by atoms with Gasteiger partial charge in [0.2, 0.25) is 0 Å². The van der Waals surface area contributed by atoms with Crippen molar-refractivity contribution < 1.29 is 23.9 Å². The van der Waals surface area contributed by atoms with E-state index in [1.54, 1.807) is 0 Å². The van der Waals surface area contributed by atoms with Gasteiger partial charge in [-0.05, 0) is 99.5 Å². The molecule has 0 spiro atoms. The summed E-state index contributed by atoms with van der Waals surface area (Å²) >= 11 is 0. The third-order valence-electron chi connectivity index (χ3n) is 14.2. The van der Waals surface area contributed by atoms with Crippen LogP contribution >= 0.6 is 0 Å². The molecule has 344 valence electrons. The van der Waals surface area contributed by atoms with Crippen molar-refractivity contribution in [2.45, 2.75) is 164 Å². The average molecular weight is 894 g/mol. The minimum atomic E-state index is -1.22. The van der Waals surface area contributed by atoms with Crippen molar-refractivity contribution in [3.63, 3.8) is 0 Å². The van der Waals surface area contributed by atoms with E-state index in [0.717, 1.165) is 81.5 Å². The van der Waals surface area contributed by atoms with Crippen LogP contribution in [0.15, 0.2) is 36.4 Å². The Balaban J connectivity index is 0.00000793. The number of fused-ring (bicyclic) bond motifs is 8. The molecule has 0 amide bonds. The Hall–Kier alpha value is -4.28. The van der Waals surface area contributed by atoms with Gasteiger partial charge in [-0.3, -0.25) is 19.4 Å². The molecule has 1 aliphatic carbocycles. The van der Waals surface area contributed by atoms with E-state index < -0.39 is 11.9 Å². The molecule has 9 nitrogen and oxygen atoms in total. The summed E-state index contributed by atoms with van der Waals surface area (Å²) in [5.41, 5.74) is 12.3. The fraction of sp³-hybridized carbons (Fsp3) is 0.545. The van der Waals surface area contributed by atoms with Crippen LogP contribution in [0, 0.1) is 31.6 Å². The maximum absolute atomic E-state index is 14.4. The molecule has 5 atom stereocenters. The Morgan fingerprint density at radius 1 is 0.862 bits per heavy atom. The molecule has 0 N–H and O–H groups in total. The van der Waals surface area contributed by atoms with E-state index in [0.29, 0.717) is 45.8 Å². The zero-order valence-electron chi connectivity index (χ0n) is 41.3. The zero-order chi connectivity index (χ0) is 46.4. The molecule has 5 heterocycles. The van der Waals surface area contributed by atoms with E-state index in [1.165, 1.54) is 57.6 Å². The van der Waals surface area contributed by atoms with Gasteiger partial charge in [-0.1, -0.05) is 134 Å². The maximum atomic E-state index is 14.4. The van der Waals surface area contributed by atoms with Gasteiger partial charge in [0.1, 0.15) is 12.5 Å². The van der Waals surface area contributed by atoms with Gasteiger partial charge >= 0.3 is 35.0 Å². The van der Waals surface area contributed by atoms with Crippen LogP contribution in [-0.4, -0.2) is 64.5 Å².